The van der Waals surface area contributed by atoms with Crippen molar-refractivity contribution in [3.63, 3.8) is 0 Å². The zero-order valence-electron chi connectivity index (χ0n) is 20.2. The Bertz CT molecular complexity index is 1260. The van der Waals surface area contributed by atoms with Gasteiger partial charge in [-0.25, -0.2) is 4.79 Å². The van der Waals surface area contributed by atoms with Crippen LogP contribution in [0.5, 0.6) is 0 Å². The third-order valence-corrected chi connectivity index (χ3v) is 8.14. The zero-order valence-corrected chi connectivity index (χ0v) is 21.8. The highest BCUT2D eigenvalue weighted by Gasteiger charge is 2.57. The molecule has 1 fully saturated rings. The van der Waals surface area contributed by atoms with Gasteiger partial charge in [0.05, 0.1) is 16.9 Å². The molecular weight excluding hydrogens is 514 g/mol. The summed E-state index contributed by atoms with van der Waals surface area (Å²) in [6.45, 7) is 3.33. The van der Waals surface area contributed by atoms with Crippen LogP contribution >= 0.6 is 23.5 Å². The molecule has 0 saturated carbocycles. The van der Waals surface area contributed by atoms with Crippen LogP contribution in [0.15, 0.2) is 81.7 Å². The van der Waals surface area contributed by atoms with Crippen molar-refractivity contribution in [3.05, 3.63) is 92.5 Å². The third kappa shape index (κ3) is 6.05. The molecule has 0 bridgehead atoms. The van der Waals surface area contributed by atoms with Crippen LogP contribution in [0, 0.1) is 16.0 Å². The van der Waals surface area contributed by atoms with E-state index < -0.39 is 10.9 Å². The first-order valence-corrected chi connectivity index (χ1v) is 13.3. The number of esters is 1. The van der Waals surface area contributed by atoms with E-state index >= 15 is 0 Å². The second-order valence-corrected chi connectivity index (χ2v) is 11.0. The molecule has 2 aromatic carbocycles. The quantitative estimate of drug-likeness (QED) is 0.153. The molecule has 192 valence electrons. The van der Waals surface area contributed by atoms with E-state index in [0.29, 0.717) is 16.9 Å². The van der Waals surface area contributed by atoms with E-state index in [1.54, 1.807) is 17.2 Å². The molecule has 11 heteroatoms. The summed E-state index contributed by atoms with van der Waals surface area (Å²) in [7, 11) is 0. The van der Waals surface area contributed by atoms with Crippen molar-refractivity contribution in [3.8, 4) is 0 Å². The molecule has 37 heavy (non-hydrogen) atoms. The zero-order chi connectivity index (χ0) is 26.5. The molecule has 0 spiro atoms. The Morgan fingerprint density at radius 2 is 1.92 bits per heavy atom. The maximum atomic E-state index is 13.3. The number of hydrogen-bond acceptors (Lipinski definition) is 8. The summed E-state index contributed by atoms with van der Waals surface area (Å²) in [5.41, 5.74) is 0.748. The number of benzene rings is 2. The molecule has 2 aliphatic heterocycles. The topological polar surface area (TPSA) is 119 Å². The van der Waals surface area contributed by atoms with Gasteiger partial charge in [0.15, 0.2) is 0 Å². The maximum Gasteiger partial charge on any atom is 0.356 e. The summed E-state index contributed by atoms with van der Waals surface area (Å²) in [4.78, 5) is 51.2. The van der Waals surface area contributed by atoms with Gasteiger partial charge in [-0.3, -0.25) is 19.7 Å². The van der Waals surface area contributed by atoms with Gasteiger partial charge in [0.25, 0.3) is 5.69 Å². The monoisotopic (exact) mass is 539 g/mol. The molecule has 1 unspecified atom stereocenters. The van der Waals surface area contributed by atoms with Gasteiger partial charge in [-0.2, -0.15) is 0 Å². The fourth-order valence-corrected chi connectivity index (χ4v) is 6.35. The lowest BCUT2D eigenvalue weighted by molar-refractivity contribution is -0.384. The van der Waals surface area contributed by atoms with E-state index in [0.717, 1.165) is 4.90 Å². The van der Waals surface area contributed by atoms with Crippen LogP contribution in [0.4, 0.5) is 5.69 Å². The number of carbonyl (C=O) groups is 3. The van der Waals surface area contributed by atoms with Crippen molar-refractivity contribution < 1.29 is 24.0 Å². The molecule has 1 N–H and O–H groups in total. The smallest absolute Gasteiger partial charge is 0.356 e. The number of amides is 2. The molecule has 0 aromatic heterocycles. The van der Waals surface area contributed by atoms with Crippen LogP contribution in [-0.2, 0) is 25.7 Å². The van der Waals surface area contributed by atoms with E-state index in [9.17, 15) is 24.5 Å². The van der Waals surface area contributed by atoms with Gasteiger partial charge in [-0.15, -0.1) is 11.8 Å². The lowest BCUT2D eigenvalue weighted by Crippen LogP contribution is -2.61. The predicted molar refractivity (Wildman–Crippen MR) is 141 cm³/mol. The summed E-state index contributed by atoms with van der Waals surface area (Å²) in [6.07, 6.45) is 2.00. The first kappa shape index (κ1) is 26.5. The van der Waals surface area contributed by atoms with Gasteiger partial charge in [0.1, 0.15) is 12.3 Å². The summed E-state index contributed by atoms with van der Waals surface area (Å²) in [6, 6.07) is 15.4. The molecule has 0 radical (unpaired) electrons. The Balaban J connectivity index is 1.48. The van der Waals surface area contributed by atoms with Crippen molar-refractivity contribution in [1.82, 2.24) is 10.2 Å². The second kappa shape index (κ2) is 11.7. The molecule has 9 nitrogen and oxygen atoms in total. The average Bonchev–Trinajstić information content (AvgIpc) is 3.20. The standard InChI is InChI=1S/C26H25N3O6S2/c1-16(37-20-6-4-3-5-7-20)23-21-14-22(36-13-12-27-17(2)30)24(28(21)25(23)31)26(32)35-15-18-8-10-19(11-9-18)29(33)34/h3-13,16,21,23H,14-15H2,1-2H3,(H,27,30)/b13-12+/t16-,21?,23-/m1/s1. The first-order chi connectivity index (χ1) is 17.8. The number of thioether (sulfide) groups is 2. The number of nitrogens with zero attached hydrogens (tertiary/aromatic N) is 2. The maximum absolute atomic E-state index is 13.3. The fourth-order valence-electron chi connectivity index (χ4n) is 4.30. The highest BCUT2D eigenvalue weighted by atomic mass is 32.2. The van der Waals surface area contributed by atoms with Crippen LogP contribution in [0.25, 0.3) is 0 Å². The van der Waals surface area contributed by atoms with Crippen molar-refractivity contribution in [1.29, 1.82) is 0 Å². The molecule has 2 amide bonds. The van der Waals surface area contributed by atoms with Crippen LogP contribution in [0.2, 0.25) is 0 Å². The summed E-state index contributed by atoms with van der Waals surface area (Å²) < 4.78 is 5.51. The van der Waals surface area contributed by atoms with E-state index in [1.165, 1.54) is 54.1 Å². The minimum atomic E-state index is -0.633. The first-order valence-electron chi connectivity index (χ1n) is 11.5. The largest absolute Gasteiger partial charge is 0.456 e. The number of β-lactam (4-membered cyclic amide) rings is 1. The summed E-state index contributed by atoms with van der Waals surface area (Å²) in [5, 5.41) is 15.1. The Kier molecular flexibility index (Phi) is 8.34. The number of ether oxygens (including phenoxy) is 1. The average molecular weight is 540 g/mol. The highest BCUT2D eigenvalue weighted by molar-refractivity contribution is 8.05. The van der Waals surface area contributed by atoms with Crippen molar-refractivity contribution in [2.75, 3.05) is 0 Å². The lowest BCUT2D eigenvalue weighted by atomic mass is 9.85. The number of carbonyl (C=O) groups excluding carboxylic acids is 3. The van der Waals surface area contributed by atoms with Gasteiger partial charge in [0, 0.05) is 46.7 Å². The van der Waals surface area contributed by atoms with Crippen LogP contribution in [0.3, 0.4) is 0 Å². The Morgan fingerprint density at radius 3 is 2.57 bits per heavy atom. The Hall–Kier alpha value is -3.57. The Labute approximate surface area is 222 Å². The number of nitrogens with one attached hydrogen (secondary N) is 1. The number of nitro benzene ring substituents is 1. The third-order valence-electron chi connectivity index (χ3n) is 6.01. The summed E-state index contributed by atoms with van der Waals surface area (Å²) in [5.74, 6) is -1.22. The van der Waals surface area contributed by atoms with Crippen molar-refractivity contribution >= 4 is 47.0 Å². The number of hydrogen-bond donors (Lipinski definition) is 1. The van der Waals surface area contributed by atoms with E-state index in [1.807, 2.05) is 37.3 Å². The van der Waals surface area contributed by atoms with Crippen LogP contribution in [0.1, 0.15) is 25.8 Å². The van der Waals surface area contributed by atoms with Gasteiger partial charge < -0.3 is 15.0 Å². The number of rotatable bonds is 10. The van der Waals surface area contributed by atoms with Crippen molar-refractivity contribution in [2.45, 2.75) is 43.1 Å². The van der Waals surface area contributed by atoms with Gasteiger partial charge in [-0.05, 0) is 35.2 Å². The van der Waals surface area contributed by atoms with Gasteiger partial charge >= 0.3 is 5.97 Å². The normalized spacial score (nSPS) is 19.4. The fraction of sp³-hybridized carbons (Fsp3) is 0.269. The van der Waals surface area contributed by atoms with Crippen molar-refractivity contribution in [2.24, 2.45) is 5.92 Å². The highest BCUT2D eigenvalue weighted by Crippen LogP contribution is 2.50. The molecule has 0 aliphatic carbocycles. The SMILES string of the molecule is CC(=O)N/C=C/SC1=C(C(=O)OCc2ccc([N+](=O)[O-])cc2)N2C(=O)[C@H]([C@@H](C)Sc3ccccc3)C2C1. The predicted octanol–water partition coefficient (Wildman–Crippen LogP) is 4.60. The lowest BCUT2D eigenvalue weighted by Gasteiger charge is -2.46. The van der Waals surface area contributed by atoms with E-state index in [4.69, 9.17) is 4.74 Å². The number of non-ortho nitro benzene ring substituents is 1. The molecular formula is C26H25N3O6S2. The van der Waals surface area contributed by atoms with Gasteiger partial charge in [-0.1, -0.05) is 36.9 Å². The van der Waals surface area contributed by atoms with E-state index in [2.05, 4.69) is 5.32 Å². The molecule has 4 rings (SSSR count). The van der Waals surface area contributed by atoms with Gasteiger partial charge in [0.2, 0.25) is 11.8 Å². The molecule has 2 heterocycles. The second-order valence-electron chi connectivity index (χ2n) is 8.53. The summed E-state index contributed by atoms with van der Waals surface area (Å²) >= 11 is 2.89. The van der Waals surface area contributed by atoms with Crippen LogP contribution in [-0.4, -0.2) is 38.9 Å². The minimum Gasteiger partial charge on any atom is -0.456 e. The molecule has 3 atom stereocenters. The number of nitro groups is 1. The minimum absolute atomic E-state index is 0.00722. The van der Waals surface area contributed by atoms with Crippen LogP contribution < -0.4 is 5.32 Å². The number of fused-ring (bicyclic) bond motifs is 1. The van der Waals surface area contributed by atoms with E-state index in [-0.39, 0.29) is 47.0 Å². The molecule has 1 saturated heterocycles. The Morgan fingerprint density at radius 1 is 1.22 bits per heavy atom. The molecule has 2 aliphatic rings. The molecule has 2 aromatic rings.